The van der Waals surface area contributed by atoms with Crippen molar-refractivity contribution < 1.29 is 13.9 Å². The fourth-order valence-electron chi connectivity index (χ4n) is 2.12. The average Bonchev–Trinajstić information content (AvgIpc) is 2.50. The summed E-state index contributed by atoms with van der Waals surface area (Å²) in [5.41, 5.74) is 0.367. The van der Waals surface area contributed by atoms with E-state index in [9.17, 15) is 14.3 Å². The van der Waals surface area contributed by atoms with Crippen molar-refractivity contribution in [3.05, 3.63) is 69.8 Å². The van der Waals surface area contributed by atoms with Crippen LogP contribution >= 0.6 is 0 Å². The van der Waals surface area contributed by atoms with Gasteiger partial charge in [0.1, 0.15) is 22.7 Å². The van der Waals surface area contributed by atoms with E-state index in [0.29, 0.717) is 5.39 Å². The van der Waals surface area contributed by atoms with Gasteiger partial charge in [0.05, 0.1) is 11.1 Å². The van der Waals surface area contributed by atoms with Gasteiger partial charge in [0.2, 0.25) is 0 Å². The van der Waals surface area contributed by atoms with E-state index in [-0.39, 0.29) is 22.6 Å². The summed E-state index contributed by atoms with van der Waals surface area (Å²) in [4.78, 5) is 15.9. The minimum Gasteiger partial charge on any atom is -0.506 e. The van der Waals surface area contributed by atoms with Gasteiger partial charge in [-0.3, -0.25) is 4.99 Å². The Balaban J connectivity index is 2.13. The second kappa shape index (κ2) is 5.44. The van der Waals surface area contributed by atoms with Crippen molar-refractivity contribution in [2.24, 2.45) is 4.99 Å². The highest BCUT2D eigenvalue weighted by molar-refractivity contribution is 5.94. The summed E-state index contributed by atoms with van der Waals surface area (Å²) in [7, 11) is 0. The van der Waals surface area contributed by atoms with Gasteiger partial charge in [0.25, 0.3) is 0 Å². The van der Waals surface area contributed by atoms with Gasteiger partial charge in [-0.1, -0.05) is 18.2 Å². The molecule has 0 amide bonds. The predicted molar refractivity (Wildman–Crippen MR) is 82.5 cm³/mol. The Hall–Kier alpha value is -2.95. The number of aliphatic imine (C=N–C) groups is 1. The molecule has 1 N–H and O–H groups in total. The topological polar surface area (TPSA) is 62.8 Å². The smallest absolute Gasteiger partial charge is 0.348 e. The van der Waals surface area contributed by atoms with Crippen LogP contribution in [0.25, 0.3) is 11.0 Å². The van der Waals surface area contributed by atoms with E-state index < -0.39 is 11.4 Å². The zero-order valence-electron chi connectivity index (χ0n) is 11.7. The predicted octanol–water partition coefficient (Wildman–Crippen LogP) is 3.70. The van der Waals surface area contributed by atoms with E-state index in [1.54, 1.807) is 43.3 Å². The Morgan fingerprint density at radius 2 is 2.00 bits per heavy atom. The molecule has 4 nitrogen and oxygen atoms in total. The van der Waals surface area contributed by atoms with Crippen molar-refractivity contribution in [1.29, 1.82) is 0 Å². The molecular formula is C17H12FNO3. The highest BCUT2D eigenvalue weighted by Crippen LogP contribution is 2.26. The first-order valence-electron chi connectivity index (χ1n) is 6.61. The average molecular weight is 297 g/mol. The number of para-hydroxylation sites is 1. The molecule has 0 saturated carbocycles. The van der Waals surface area contributed by atoms with Crippen LogP contribution in [0.3, 0.4) is 0 Å². The molecule has 0 spiro atoms. The highest BCUT2D eigenvalue weighted by Gasteiger charge is 2.12. The second-order valence-electron chi connectivity index (χ2n) is 4.86. The fraction of sp³-hybridized carbons (Fsp3) is 0.0588. The lowest BCUT2D eigenvalue weighted by molar-refractivity contribution is 0.466. The van der Waals surface area contributed by atoms with Crippen molar-refractivity contribution in [2.45, 2.75) is 6.92 Å². The van der Waals surface area contributed by atoms with Crippen LogP contribution in [0.15, 0.2) is 56.7 Å². The van der Waals surface area contributed by atoms with Gasteiger partial charge in [-0.2, -0.15) is 0 Å². The monoisotopic (exact) mass is 297 g/mol. The molecule has 3 aromatic rings. The van der Waals surface area contributed by atoms with Gasteiger partial charge in [-0.15, -0.1) is 0 Å². The summed E-state index contributed by atoms with van der Waals surface area (Å²) in [6.07, 6.45) is 1.12. The SMILES string of the molecule is Cc1ccc(F)c(N=Cc2c(O)c3ccccc3oc2=O)c1. The summed E-state index contributed by atoms with van der Waals surface area (Å²) < 4.78 is 18.8. The maximum absolute atomic E-state index is 13.6. The first-order chi connectivity index (χ1) is 10.6. The first-order valence-corrected chi connectivity index (χ1v) is 6.61. The molecule has 0 saturated heterocycles. The second-order valence-corrected chi connectivity index (χ2v) is 4.86. The zero-order chi connectivity index (χ0) is 15.7. The van der Waals surface area contributed by atoms with E-state index in [0.717, 1.165) is 11.8 Å². The van der Waals surface area contributed by atoms with Gasteiger partial charge in [0, 0.05) is 6.21 Å². The molecular weight excluding hydrogens is 285 g/mol. The molecule has 3 rings (SSSR count). The quantitative estimate of drug-likeness (QED) is 0.579. The Morgan fingerprint density at radius 1 is 1.23 bits per heavy atom. The standard InChI is InChI=1S/C17H12FNO3/c1-10-6-7-13(18)14(8-10)19-9-12-16(20)11-4-2-3-5-15(11)22-17(12)21/h2-9,20H,1H3. The summed E-state index contributed by atoms with van der Waals surface area (Å²) >= 11 is 0. The van der Waals surface area contributed by atoms with Gasteiger partial charge in [-0.05, 0) is 36.8 Å². The van der Waals surface area contributed by atoms with E-state index in [4.69, 9.17) is 4.42 Å². The lowest BCUT2D eigenvalue weighted by Crippen LogP contribution is -2.06. The zero-order valence-corrected chi connectivity index (χ0v) is 11.7. The van der Waals surface area contributed by atoms with Crippen LogP contribution < -0.4 is 5.63 Å². The summed E-state index contributed by atoms with van der Waals surface area (Å²) in [5.74, 6) is -0.741. The third-order valence-electron chi connectivity index (χ3n) is 3.25. The van der Waals surface area contributed by atoms with Crippen molar-refractivity contribution in [3.8, 4) is 5.75 Å². The van der Waals surface area contributed by atoms with Crippen LogP contribution in [-0.2, 0) is 0 Å². The van der Waals surface area contributed by atoms with Gasteiger partial charge >= 0.3 is 5.63 Å². The molecule has 0 bridgehead atoms. The van der Waals surface area contributed by atoms with Gasteiger partial charge in [0.15, 0.2) is 0 Å². The number of benzene rings is 2. The Morgan fingerprint density at radius 3 is 2.82 bits per heavy atom. The Bertz CT molecular complexity index is 944. The lowest BCUT2D eigenvalue weighted by Gasteiger charge is -2.02. The lowest BCUT2D eigenvalue weighted by atomic mass is 10.1. The van der Waals surface area contributed by atoms with Crippen molar-refractivity contribution in [3.63, 3.8) is 0 Å². The minimum absolute atomic E-state index is 0.0898. The van der Waals surface area contributed by atoms with Crippen molar-refractivity contribution >= 4 is 22.9 Å². The molecule has 0 radical (unpaired) electrons. The maximum atomic E-state index is 13.6. The first kappa shape index (κ1) is 14.0. The maximum Gasteiger partial charge on any atom is 0.348 e. The van der Waals surface area contributed by atoms with E-state index in [1.165, 1.54) is 6.07 Å². The summed E-state index contributed by atoms with van der Waals surface area (Å²) in [6.45, 7) is 1.81. The van der Waals surface area contributed by atoms with Crippen molar-refractivity contribution in [1.82, 2.24) is 0 Å². The number of hydrogen-bond acceptors (Lipinski definition) is 4. The van der Waals surface area contributed by atoms with Crippen LogP contribution in [0.2, 0.25) is 0 Å². The summed E-state index contributed by atoms with van der Waals surface area (Å²) in [6, 6.07) is 11.1. The molecule has 0 aliphatic rings. The Kier molecular flexibility index (Phi) is 3.47. The van der Waals surface area contributed by atoms with Gasteiger partial charge in [-0.25, -0.2) is 9.18 Å². The van der Waals surface area contributed by atoms with E-state index >= 15 is 0 Å². The van der Waals surface area contributed by atoms with Crippen LogP contribution in [-0.4, -0.2) is 11.3 Å². The molecule has 1 aromatic heterocycles. The minimum atomic E-state index is -0.729. The largest absolute Gasteiger partial charge is 0.506 e. The van der Waals surface area contributed by atoms with Crippen LogP contribution in [0, 0.1) is 12.7 Å². The summed E-state index contributed by atoms with van der Waals surface area (Å²) in [5, 5.41) is 10.6. The number of rotatable bonds is 2. The molecule has 2 aromatic carbocycles. The van der Waals surface area contributed by atoms with Crippen LogP contribution in [0.5, 0.6) is 5.75 Å². The number of aromatic hydroxyl groups is 1. The van der Waals surface area contributed by atoms with Crippen molar-refractivity contribution in [2.75, 3.05) is 0 Å². The molecule has 5 heteroatoms. The van der Waals surface area contributed by atoms with Gasteiger partial charge < -0.3 is 9.52 Å². The number of fused-ring (bicyclic) bond motifs is 1. The molecule has 0 atom stereocenters. The van der Waals surface area contributed by atoms with E-state index in [1.807, 2.05) is 0 Å². The Labute approximate surface area is 125 Å². The molecule has 1 heterocycles. The number of aryl methyl sites for hydroxylation is 1. The third-order valence-corrected chi connectivity index (χ3v) is 3.25. The normalized spacial score (nSPS) is 11.4. The molecule has 22 heavy (non-hydrogen) atoms. The van der Waals surface area contributed by atoms with Crippen LogP contribution in [0.1, 0.15) is 11.1 Å². The molecule has 110 valence electrons. The number of hydrogen-bond donors (Lipinski definition) is 1. The number of halogens is 1. The molecule has 0 aliphatic carbocycles. The van der Waals surface area contributed by atoms with E-state index in [2.05, 4.69) is 4.99 Å². The fourth-order valence-corrected chi connectivity index (χ4v) is 2.12. The molecule has 0 fully saturated rings. The third kappa shape index (κ3) is 2.48. The highest BCUT2D eigenvalue weighted by atomic mass is 19.1. The van der Waals surface area contributed by atoms with Crippen LogP contribution in [0.4, 0.5) is 10.1 Å². The molecule has 0 unspecified atom stereocenters. The number of nitrogens with zero attached hydrogens (tertiary/aromatic N) is 1. The molecule has 0 aliphatic heterocycles.